The predicted molar refractivity (Wildman–Crippen MR) is 67.5 cm³/mol. The molecule has 3 N–H and O–H groups in total. The van der Waals surface area contributed by atoms with E-state index in [-0.39, 0.29) is 12.6 Å². The fourth-order valence-corrected chi connectivity index (χ4v) is 1.24. The number of hydrogen-bond donors (Lipinski definition) is 3. The van der Waals surface area contributed by atoms with E-state index in [4.69, 9.17) is 5.11 Å². The van der Waals surface area contributed by atoms with Crippen molar-refractivity contribution in [1.29, 1.82) is 0 Å². The number of nitrogens with one attached hydrogen (secondary N) is 1. The first-order valence-electron chi connectivity index (χ1n) is 5.72. The number of urea groups is 1. The number of aliphatic hydroxyl groups is 1. The van der Waals surface area contributed by atoms with E-state index < -0.39 is 18.0 Å². The van der Waals surface area contributed by atoms with Gasteiger partial charge in [0.2, 0.25) is 0 Å². The summed E-state index contributed by atoms with van der Waals surface area (Å²) >= 11 is 0. The van der Waals surface area contributed by atoms with Gasteiger partial charge >= 0.3 is 12.0 Å². The standard InChI is InChI=1S/C11H23N3O4/c1-11(18,7-9(15)16)8-12-10(17)14(4)6-5-13(2)3/h18H,5-8H2,1-4H3,(H,12,17)(H,15,16). The predicted octanol–water partition coefficient (Wildman–Crippen LogP) is -0.585. The number of aliphatic carboxylic acids is 1. The lowest BCUT2D eigenvalue weighted by atomic mass is 10.0. The zero-order chi connectivity index (χ0) is 14.3. The van der Waals surface area contributed by atoms with Gasteiger partial charge in [-0.05, 0) is 21.0 Å². The van der Waals surface area contributed by atoms with Crippen LogP contribution >= 0.6 is 0 Å². The Labute approximate surface area is 107 Å². The zero-order valence-electron chi connectivity index (χ0n) is 11.4. The molecule has 0 aromatic rings. The number of likely N-dealkylation sites (N-methyl/N-ethyl adjacent to an activating group) is 2. The van der Waals surface area contributed by atoms with Crippen LogP contribution in [0.1, 0.15) is 13.3 Å². The molecule has 0 fully saturated rings. The Balaban J connectivity index is 4.05. The fraction of sp³-hybridized carbons (Fsp3) is 0.818. The van der Waals surface area contributed by atoms with E-state index in [1.165, 1.54) is 11.8 Å². The summed E-state index contributed by atoms with van der Waals surface area (Å²) in [7, 11) is 5.46. The lowest BCUT2D eigenvalue weighted by Gasteiger charge is -2.25. The van der Waals surface area contributed by atoms with Crippen molar-refractivity contribution in [1.82, 2.24) is 15.1 Å². The van der Waals surface area contributed by atoms with E-state index in [1.807, 2.05) is 19.0 Å². The van der Waals surface area contributed by atoms with Crippen LogP contribution in [0.5, 0.6) is 0 Å². The number of carbonyl (C=O) groups is 2. The molecule has 0 spiro atoms. The number of hydrogen-bond acceptors (Lipinski definition) is 4. The van der Waals surface area contributed by atoms with Crippen LogP contribution in [0, 0.1) is 0 Å². The molecule has 1 unspecified atom stereocenters. The molecule has 0 bridgehead atoms. The van der Waals surface area contributed by atoms with Gasteiger partial charge in [-0.2, -0.15) is 0 Å². The molecule has 0 aromatic carbocycles. The number of nitrogens with zero attached hydrogens (tertiary/aromatic N) is 2. The van der Waals surface area contributed by atoms with Crippen molar-refractivity contribution in [2.24, 2.45) is 0 Å². The van der Waals surface area contributed by atoms with Crippen LogP contribution < -0.4 is 5.32 Å². The number of rotatable bonds is 7. The highest BCUT2D eigenvalue weighted by atomic mass is 16.4. The van der Waals surface area contributed by atoms with Crippen molar-refractivity contribution in [2.45, 2.75) is 18.9 Å². The molecular weight excluding hydrogens is 238 g/mol. The Morgan fingerprint density at radius 3 is 2.22 bits per heavy atom. The Bertz CT molecular complexity index is 292. The molecule has 18 heavy (non-hydrogen) atoms. The quantitative estimate of drug-likeness (QED) is 0.570. The summed E-state index contributed by atoms with van der Waals surface area (Å²) in [5, 5.41) is 20.8. The second-order valence-electron chi connectivity index (χ2n) is 4.95. The van der Waals surface area contributed by atoms with Gasteiger partial charge in [-0.15, -0.1) is 0 Å². The van der Waals surface area contributed by atoms with Crippen LogP contribution in [0.3, 0.4) is 0 Å². The first-order valence-corrected chi connectivity index (χ1v) is 5.72. The first-order chi connectivity index (χ1) is 8.14. The third-order valence-corrected chi connectivity index (χ3v) is 2.38. The van der Waals surface area contributed by atoms with E-state index in [9.17, 15) is 14.7 Å². The number of carboxylic acid groups (broad SMARTS) is 1. The summed E-state index contributed by atoms with van der Waals surface area (Å²) in [5.74, 6) is -1.10. The summed E-state index contributed by atoms with van der Waals surface area (Å²) in [6.45, 7) is 2.57. The van der Waals surface area contributed by atoms with E-state index in [1.54, 1.807) is 7.05 Å². The third kappa shape index (κ3) is 7.86. The molecule has 7 heteroatoms. The molecule has 2 amide bonds. The van der Waals surface area contributed by atoms with E-state index in [2.05, 4.69) is 5.32 Å². The molecule has 0 saturated heterocycles. The van der Waals surface area contributed by atoms with Gasteiger partial charge < -0.3 is 25.3 Å². The average Bonchev–Trinajstić information content (AvgIpc) is 2.20. The SMILES string of the molecule is CN(C)CCN(C)C(=O)NCC(C)(O)CC(=O)O. The molecule has 0 aliphatic carbocycles. The summed E-state index contributed by atoms with van der Waals surface area (Å²) in [5.41, 5.74) is -1.44. The molecule has 0 aliphatic rings. The van der Waals surface area contributed by atoms with Crippen LogP contribution in [0.2, 0.25) is 0 Å². The zero-order valence-corrected chi connectivity index (χ0v) is 11.4. The minimum absolute atomic E-state index is 0.0928. The maximum absolute atomic E-state index is 11.6. The maximum atomic E-state index is 11.6. The number of carboxylic acids is 1. The Morgan fingerprint density at radius 1 is 1.22 bits per heavy atom. The van der Waals surface area contributed by atoms with Gasteiger partial charge in [0.05, 0.1) is 12.0 Å². The highest BCUT2D eigenvalue weighted by Crippen LogP contribution is 2.07. The fourth-order valence-electron chi connectivity index (χ4n) is 1.24. The molecule has 1 atom stereocenters. The van der Waals surface area contributed by atoms with E-state index in [0.717, 1.165) is 6.54 Å². The van der Waals surface area contributed by atoms with Crippen LogP contribution in [0.15, 0.2) is 0 Å². The van der Waals surface area contributed by atoms with Crippen molar-refractivity contribution in [3.63, 3.8) is 0 Å². The second-order valence-corrected chi connectivity index (χ2v) is 4.95. The molecule has 0 radical (unpaired) electrons. The molecule has 0 rings (SSSR count). The van der Waals surface area contributed by atoms with Gasteiger partial charge in [0, 0.05) is 26.7 Å². The lowest BCUT2D eigenvalue weighted by molar-refractivity contribution is -0.141. The van der Waals surface area contributed by atoms with Crippen molar-refractivity contribution in [3.8, 4) is 0 Å². The highest BCUT2D eigenvalue weighted by Gasteiger charge is 2.25. The van der Waals surface area contributed by atoms with E-state index in [0.29, 0.717) is 6.54 Å². The van der Waals surface area contributed by atoms with Crippen LogP contribution in [0.25, 0.3) is 0 Å². The van der Waals surface area contributed by atoms with Crippen molar-refractivity contribution < 1.29 is 19.8 Å². The molecule has 0 aromatic heterocycles. The summed E-state index contributed by atoms with van der Waals surface area (Å²) < 4.78 is 0. The first kappa shape index (κ1) is 16.7. The monoisotopic (exact) mass is 261 g/mol. The van der Waals surface area contributed by atoms with Gasteiger partial charge in [-0.1, -0.05) is 0 Å². The molecular formula is C11H23N3O4. The van der Waals surface area contributed by atoms with Gasteiger partial charge in [-0.3, -0.25) is 4.79 Å². The topological polar surface area (TPSA) is 93.1 Å². The largest absolute Gasteiger partial charge is 0.481 e. The molecule has 7 nitrogen and oxygen atoms in total. The Kier molecular flexibility index (Phi) is 6.64. The second kappa shape index (κ2) is 7.17. The highest BCUT2D eigenvalue weighted by molar-refractivity contribution is 5.74. The van der Waals surface area contributed by atoms with E-state index >= 15 is 0 Å². The molecule has 106 valence electrons. The van der Waals surface area contributed by atoms with Gasteiger partial charge in [0.15, 0.2) is 0 Å². The summed E-state index contributed by atoms with van der Waals surface area (Å²) in [6.07, 6.45) is -0.408. The summed E-state index contributed by atoms with van der Waals surface area (Å²) in [6, 6.07) is -0.331. The smallest absolute Gasteiger partial charge is 0.317 e. The summed E-state index contributed by atoms with van der Waals surface area (Å²) in [4.78, 5) is 25.5. The van der Waals surface area contributed by atoms with Gasteiger partial charge in [0.25, 0.3) is 0 Å². The van der Waals surface area contributed by atoms with Gasteiger partial charge in [-0.25, -0.2) is 4.79 Å². The lowest BCUT2D eigenvalue weighted by Crippen LogP contribution is -2.47. The minimum Gasteiger partial charge on any atom is -0.481 e. The van der Waals surface area contributed by atoms with Gasteiger partial charge in [0.1, 0.15) is 0 Å². The Hall–Kier alpha value is -1.34. The molecule has 0 heterocycles. The van der Waals surface area contributed by atoms with Crippen LogP contribution in [0.4, 0.5) is 4.79 Å². The minimum atomic E-state index is -1.44. The van der Waals surface area contributed by atoms with Crippen molar-refractivity contribution in [2.75, 3.05) is 40.8 Å². The van der Waals surface area contributed by atoms with Crippen molar-refractivity contribution in [3.05, 3.63) is 0 Å². The van der Waals surface area contributed by atoms with Crippen molar-refractivity contribution >= 4 is 12.0 Å². The molecule has 0 saturated carbocycles. The average molecular weight is 261 g/mol. The maximum Gasteiger partial charge on any atom is 0.317 e. The third-order valence-electron chi connectivity index (χ3n) is 2.38. The van der Waals surface area contributed by atoms with Crippen LogP contribution in [-0.2, 0) is 4.79 Å². The van der Waals surface area contributed by atoms with Crippen LogP contribution in [-0.4, -0.2) is 78.4 Å². The Morgan fingerprint density at radius 2 is 1.78 bits per heavy atom. The normalized spacial score (nSPS) is 14.1. The number of amides is 2. The number of carbonyl (C=O) groups excluding carboxylic acids is 1. The molecule has 0 aliphatic heterocycles.